The lowest BCUT2D eigenvalue weighted by atomic mass is 9.36. The summed E-state index contributed by atoms with van der Waals surface area (Å²) >= 11 is 78.9. The molecule has 0 aromatic heterocycles. The lowest BCUT2D eigenvalue weighted by Crippen LogP contribution is -2.55. The van der Waals surface area contributed by atoms with Crippen molar-refractivity contribution >= 4 is 162 Å². The first-order valence-electron chi connectivity index (χ1n) is 9.13. The molecule has 0 saturated carbocycles. The molecule has 0 saturated heterocycles. The van der Waals surface area contributed by atoms with Crippen molar-refractivity contribution in [1.29, 1.82) is 0 Å². The predicted molar refractivity (Wildman–Crippen MR) is 158 cm³/mol. The monoisotopic (exact) mass is 692 g/mol. The third-order valence-electron chi connectivity index (χ3n) is 5.42. The lowest BCUT2D eigenvalue weighted by Gasteiger charge is -2.27. The van der Waals surface area contributed by atoms with Gasteiger partial charge in [0.15, 0.2) is 0 Å². The van der Waals surface area contributed by atoms with Gasteiger partial charge >= 0.3 is 0 Å². The Hall–Kier alpha value is 1.20. The largest absolute Gasteiger partial charge is 0.253 e. The van der Waals surface area contributed by atoms with E-state index in [0.717, 1.165) is 0 Å². The molecule has 3 rings (SSSR count). The van der Waals surface area contributed by atoms with Gasteiger partial charge in [0, 0.05) is 15.1 Å². The maximum atomic E-state index is 6.78. The van der Waals surface area contributed by atoms with E-state index in [1.807, 2.05) is 0 Å². The van der Waals surface area contributed by atoms with Crippen molar-refractivity contribution in [1.82, 2.24) is 0 Å². The zero-order valence-electron chi connectivity index (χ0n) is 17.1. The predicted octanol–water partition coefficient (Wildman–Crippen LogP) is 11.0. The van der Waals surface area contributed by atoms with Crippen LogP contribution in [0.15, 0.2) is 0 Å². The van der Waals surface area contributed by atoms with Gasteiger partial charge in [-0.3, -0.25) is 0 Å². The second kappa shape index (κ2) is 11.1. The van der Waals surface area contributed by atoms with Crippen LogP contribution in [0.3, 0.4) is 0 Å². The highest BCUT2D eigenvalue weighted by molar-refractivity contribution is 7.02. The number of rotatable bonds is 3. The van der Waals surface area contributed by atoms with Crippen LogP contribution in [0.2, 0.25) is 60.3 Å². The van der Waals surface area contributed by atoms with Crippen LogP contribution in [0.25, 0.3) is 0 Å². The summed E-state index contributed by atoms with van der Waals surface area (Å²) in [4.78, 5) is 0. The second-order valence-corrected chi connectivity index (χ2v) is 11.9. The lowest BCUT2D eigenvalue weighted by molar-refractivity contribution is 1.47. The minimum atomic E-state index is -0.990. The molecule has 0 fully saturated rings. The van der Waals surface area contributed by atoms with E-state index in [1.54, 1.807) is 20.8 Å². The van der Waals surface area contributed by atoms with Crippen LogP contribution >= 0.6 is 139 Å². The highest BCUT2D eigenvalue weighted by atomic mass is 35.5. The second-order valence-electron chi connectivity index (χ2n) is 7.32. The first kappa shape index (κ1) is 29.8. The smallest absolute Gasteiger partial charge is 0.0845 e. The zero-order chi connectivity index (χ0) is 26.0. The summed E-state index contributed by atoms with van der Waals surface area (Å²) in [6.45, 7) is 4.05. The van der Waals surface area contributed by atoms with Gasteiger partial charge in [0.05, 0.1) is 45.2 Å². The molecular weight excluding hydrogens is 688 g/mol. The summed E-state index contributed by atoms with van der Waals surface area (Å²) in [5, 5.41) is 1.45. The quantitative estimate of drug-likeness (QED) is 0.145. The van der Waals surface area contributed by atoms with Gasteiger partial charge in [-0.25, -0.2) is 0 Å². The van der Waals surface area contributed by atoms with Gasteiger partial charge in [-0.15, -0.1) is 0 Å². The molecule has 0 aliphatic carbocycles. The van der Waals surface area contributed by atoms with Gasteiger partial charge in [0.2, 0.25) is 0 Å². The van der Waals surface area contributed by atoms with E-state index in [4.69, 9.17) is 139 Å². The number of benzene rings is 3. The van der Waals surface area contributed by atoms with E-state index in [9.17, 15) is 0 Å². The Morgan fingerprint density at radius 2 is 0.500 bits per heavy atom. The fourth-order valence-electron chi connectivity index (χ4n) is 3.52. The van der Waals surface area contributed by atoms with E-state index in [0.29, 0.717) is 33.1 Å². The Kier molecular flexibility index (Phi) is 9.74. The van der Waals surface area contributed by atoms with E-state index in [2.05, 4.69) is 0 Å². The SMILES string of the molecule is Cc1c(Cl)c(Cl)c(Cl)c(B(c2c(Cl)c(C)c(Cl)c(Cl)c2Cl)c2c(Cl)c(C)c(Cl)c(Cl)c2Cl)c1Cl. The third kappa shape index (κ3) is 4.74. The first-order valence-corrected chi connectivity index (χ1v) is 13.7. The van der Waals surface area contributed by atoms with E-state index < -0.39 is 6.71 Å². The Morgan fingerprint density at radius 1 is 0.294 bits per heavy atom. The van der Waals surface area contributed by atoms with Gasteiger partial charge in [-0.2, -0.15) is 0 Å². The minimum Gasteiger partial charge on any atom is -0.0845 e. The highest BCUT2D eigenvalue weighted by Gasteiger charge is 2.39. The summed E-state index contributed by atoms with van der Waals surface area (Å²) in [6.07, 6.45) is 0. The van der Waals surface area contributed by atoms with Crippen molar-refractivity contribution in [3.63, 3.8) is 0 Å². The van der Waals surface area contributed by atoms with Crippen molar-refractivity contribution < 1.29 is 0 Å². The number of hydrogen-bond donors (Lipinski definition) is 0. The summed E-state index contributed by atoms with van der Waals surface area (Å²) in [6, 6.07) is 0. The van der Waals surface area contributed by atoms with Crippen molar-refractivity contribution in [2.45, 2.75) is 20.8 Å². The molecule has 3 aromatic carbocycles. The Balaban J connectivity index is 2.68. The van der Waals surface area contributed by atoms with Crippen LogP contribution in [-0.2, 0) is 0 Å². The highest BCUT2D eigenvalue weighted by Crippen LogP contribution is 2.41. The van der Waals surface area contributed by atoms with Gasteiger partial charge in [-0.05, 0) is 53.8 Å². The van der Waals surface area contributed by atoms with Crippen LogP contribution in [0.4, 0.5) is 0 Å². The standard InChI is InChI=1S/C21H9BCl12/c1-4-10(23)7(16(29)19(32)13(4)26)22(8-11(24)5(2)14(27)20(33)17(8)30)9-12(25)6(3)15(28)21(34)18(9)31/h1-3H3. The molecule has 0 atom stereocenters. The Bertz CT molecular complexity index is 1110. The molecule has 0 unspecified atom stereocenters. The molecule has 0 radical (unpaired) electrons. The van der Waals surface area contributed by atoms with Crippen LogP contribution < -0.4 is 16.4 Å². The summed E-state index contributed by atoms with van der Waals surface area (Å²) in [7, 11) is 0. The average molecular weight is 698 g/mol. The van der Waals surface area contributed by atoms with Crippen LogP contribution in [0.5, 0.6) is 0 Å². The van der Waals surface area contributed by atoms with Crippen LogP contribution in [0.1, 0.15) is 16.7 Å². The average Bonchev–Trinajstić information content (AvgIpc) is 2.81. The molecule has 0 aliphatic heterocycles. The number of halogens is 12. The number of hydrogen-bond acceptors (Lipinski definition) is 0. The van der Waals surface area contributed by atoms with Crippen LogP contribution in [0, 0.1) is 20.8 Å². The first-order chi connectivity index (χ1) is 15.7. The summed E-state index contributed by atoms with van der Waals surface area (Å²) in [5.74, 6) is 0. The molecular formula is C21H9BCl12. The molecule has 0 spiro atoms. The third-order valence-corrected chi connectivity index (χ3v) is 11.2. The van der Waals surface area contributed by atoms with Crippen molar-refractivity contribution in [3.05, 3.63) is 77.0 Å². The molecule has 34 heavy (non-hydrogen) atoms. The van der Waals surface area contributed by atoms with Gasteiger partial charge in [0.1, 0.15) is 0 Å². The van der Waals surface area contributed by atoms with E-state index >= 15 is 0 Å². The topological polar surface area (TPSA) is 0 Å². The Morgan fingerprint density at radius 3 is 0.706 bits per heavy atom. The minimum absolute atomic E-state index is 0.0407. The molecule has 3 aromatic rings. The Labute approximate surface area is 257 Å². The fraction of sp³-hybridized carbons (Fsp3) is 0.143. The molecule has 0 nitrogen and oxygen atoms in total. The summed E-state index contributed by atoms with van der Waals surface area (Å²) < 4.78 is 0. The molecule has 0 heterocycles. The van der Waals surface area contributed by atoms with Gasteiger partial charge in [0.25, 0.3) is 6.71 Å². The fourth-order valence-corrected chi connectivity index (χ4v) is 7.04. The maximum Gasteiger partial charge on any atom is 0.253 e. The van der Waals surface area contributed by atoms with Crippen molar-refractivity contribution in [3.8, 4) is 0 Å². The maximum absolute atomic E-state index is 6.78. The zero-order valence-corrected chi connectivity index (χ0v) is 26.2. The molecule has 0 amide bonds. The van der Waals surface area contributed by atoms with E-state index in [1.165, 1.54) is 0 Å². The van der Waals surface area contributed by atoms with Crippen molar-refractivity contribution in [2.24, 2.45) is 0 Å². The van der Waals surface area contributed by atoms with Gasteiger partial charge < -0.3 is 0 Å². The molecule has 0 N–H and O–H groups in total. The van der Waals surface area contributed by atoms with Crippen LogP contribution in [-0.4, -0.2) is 6.71 Å². The molecule has 13 heteroatoms. The summed E-state index contributed by atoms with van der Waals surface area (Å²) in [5.41, 5.74) is 2.26. The van der Waals surface area contributed by atoms with Gasteiger partial charge in [-0.1, -0.05) is 139 Å². The van der Waals surface area contributed by atoms with Crippen molar-refractivity contribution in [2.75, 3.05) is 0 Å². The molecule has 180 valence electrons. The molecule has 0 bridgehead atoms. The van der Waals surface area contributed by atoms with E-state index in [-0.39, 0.29) is 60.3 Å². The molecule has 0 aliphatic rings. The normalized spacial score (nSPS) is 11.4.